The van der Waals surface area contributed by atoms with Crippen LogP contribution in [0.2, 0.25) is 0 Å². The summed E-state index contributed by atoms with van der Waals surface area (Å²) in [4.78, 5) is 23.0. The molecule has 0 aliphatic carbocycles. The van der Waals surface area contributed by atoms with Gasteiger partial charge < -0.3 is 9.47 Å². The maximum Gasteiger partial charge on any atom is 0.307 e. The van der Waals surface area contributed by atoms with E-state index in [1.807, 2.05) is 13.8 Å². The summed E-state index contributed by atoms with van der Waals surface area (Å²) in [6, 6.07) is 0. The lowest BCUT2D eigenvalue weighted by Gasteiger charge is -2.09. The van der Waals surface area contributed by atoms with Gasteiger partial charge in [0.1, 0.15) is 0 Å². The fourth-order valence-electron chi connectivity index (χ4n) is 2.30. The Balaban J connectivity index is 3.48. The van der Waals surface area contributed by atoms with Gasteiger partial charge in [0.25, 0.3) is 0 Å². The van der Waals surface area contributed by atoms with E-state index in [-0.39, 0.29) is 25.4 Å². The largest absolute Gasteiger partial charge is 0.465 e. The van der Waals surface area contributed by atoms with Gasteiger partial charge in [0.05, 0.1) is 19.4 Å². The molecule has 0 saturated heterocycles. The van der Waals surface area contributed by atoms with Crippen LogP contribution >= 0.6 is 0 Å². The summed E-state index contributed by atoms with van der Waals surface area (Å²) < 4.78 is 10.1. The van der Waals surface area contributed by atoms with Crippen LogP contribution in [-0.2, 0) is 19.1 Å². The lowest BCUT2D eigenvalue weighted by molar-refractivity contribution is -0.150. The summed E-state index contributed by atoms with van der Waals surface area (Å²) in [5.41, 5.74) is 0. The molecule has 0 heterocycles. The Morgan fingerprint density at radius 2 is 1.38 bits per heavy atom. The van der Waals surface area contributed by atoms with Crippen LogP contribution in [0.25, 0.3) is 0 Å². The Bertz CT molecular complexity index is 420. The van der Waals surface area contributed by atoms with Crippen LogP contribution in [0.3, 0.4) is 0 Å². The van der Waals surface area contributed by atoms with Gasteiger partial charge in [0.2, 0.25) is 0 Å². The minimum Gasteiger partial charge on any atom is -0.465 e. The van der Waals surface area contributed by atoms with Gasteiger partial charge in [-0.25, -0.2) is 0 Å². The van der Waals surface area contributed by atoms with Crippen molar-refractivity contribution in [3.8, 4) is 11.8 Å². The predicted molar refractivity (Wildman–Crippen MR) is 106 cm³/mol. The molecule has 0 aromatic heterocycles. The van der Waals surface area contributed by atoms with Gasteiger partial charge in [0, 0.05) is 6.42 Å². The highest BCUT2D eigenvalue weighted by Crippen LogP contribution is 2.09. The summed E-state index contributed by atoms with van der Waals surface area (Å²) in [7, 11) is 0. The molecule has 1 atom stereocenters. The molecule has 1 unspecified atom stereocenters. The second-order valence-electron chi connectivity index (χ2n) is 6.94. The highest BCUT2D eigenvalue weighted by molar-refractivity contribution is 5.77. The molecule has 0 aromatic rings. The molecule has 0 spiro atoms. The van der Waals surface area contributed by atoms with Gasteiger partial charge in [-0.3, -0.25) is 9.59 Å². The first-order valence-electron chi connectivity index (χ1n) is 10.4. The Labute approximate surface area is 160 Å². The van der Waals surface area contributed by atoms with Crippen LogP contribution in [0.15, 0.2) is 0 Å². The topological polar surface area (TPSA) is 52.6 Å². The Morgan fingerprint density at radius 3 is 2.00 bits per heavy atom. The molecule has 0 saturated carbocycles. The quantitative estimate of drug-likeness (QED) is 0.220. The van der Waals surface area contributed by atoms with E-state index in [1.165, 1.54) is 44.9 Å². The summed E-state index contributed by atoms with van der Waals surface area (Å²) in [5.74, 6) is 5.51. The highest BCUT2D eigenvalue weighted by atomic mass is 16.5. The van der Waals surface area contributed by atoms with E-state index in [0.717, 1.165) is 19.3 Å². The molecule has 0 aromatic carbocycles. The average Bonchev–Trinajstić information content (AvgIpc) is 2.65. The van der Waals surface area contributed by atoms with Gasteiger partial charge >= 0.3 is 11.9 Å². The first-order valence-corrected chi connectivity index (χ1v) is 10.4. The Hall–Kier alpha value is -1.50. The van der Waals surface area contributed by atoms with Crippen LogP contribution in [0.5, 0.6) is 0 Å². The molecule has 4 nitrogen and oxygen atoms in total. The third-order valence-electron chi connectivity index (χ3n) is 4.34. The van der Waals surface area contributed by atoms with Crippen LogP contribution in [-0.4, -0.2) is 25.2 Å². The number of esters is 2. The second kappa shape index (κ2) is 18.3. The van der Waals surface area contributed by atoms with Crippen LogP contribution in [0.4, 0.5) is 0 Å². The number of carbonyl (C=O) groups is 2. The zero-order chi connectivity index (χ0) is 19.5. The SMILES string of the molecule is CCCCCCCCCCC#CCOC(=O)CCC(=O)OCC(C)CC. The van der Waals surface area contributed by atoms with Crippen LogP contribution < -0.4 is 0 Å². The number of ether oxygens (including phenoxy) is 2. The van der Waals surface area contributed by atoms with Crippen molar-refractivity contribution in [1.82, 2.24) is 0 Å². The summed E-state index contributed by atoms with van der Waals surface area (Å²) in [6.45, 7) is 6.82. The molecule has 0 aliphatic rings. The third kappa shape index (κ3) is 17.3. The van der Waals surface area contributed by atoms with Crippen molar-refractivity contribution < 1.29 is 19.1 Å². The summed E-state index contributed by atoms with van der Waals surface area (Å²) in [6.07, 6.45) is 12.2. The number of hydrogen-bond acceptors (Lipinski definition) is 4. The molecule has 0 radical (unpaired) electrons. The predicted octanol–water partition coefficient (Wildman–Crippen LogP) is 5.43. The van der Waals surface area contributed by atoms with Gasteiger partial charge in [-0.2, -0.15) is 0 Å². The molecule has 150 valence electrons. The molecule has 0 amide bonds. The minimum absolute atomic E-state index is 0.0546. The van der Waals surface area contributed by atoms with E-state index in [0.29, 0.717) is 12.5 Å². The van der Waals surface area contributed by atoms with E-state index in [9.17, 15) is 9.59 Å². The van der Waals surface area contributed by atoms with Gasteiger partial charge in [-0.05, 0) is 12.3 Å². The molecule has 0 bridgehead atoms. The molecule has 26 heavy (non-hydrogen) atoms. The van der Waals surface area contributed by atoms with Crippen molar-refractivity contribution in [2.24, 2.45) is 5.92 Å². The first-order chi connectivity index (χ1) is 12.6. The van der Waals surface area contributed by atoms with Crippen molar-refractivity contribution in [3.05, 3.63) is 0 Å². The van der Waals surface area contributed by atoms with Crippen LogP contribution in [0, 0.1) is 17.8 Å². The molecule has 0 aliphatic heterocycles. The van der Waals surface area contributed by atoms with E-state index in [2.05, 4.69) is 18.8 Å². The maximum atomic E-state index is 11.5. The molecule has 0 rings (SSSR count). The lowest BCUT2D eigenvalue weighted by atomic mass is 10.1. The van der Waals surface area contributed by atoms with Crippen molar-refractivity contribution >= 4 is 11.9 Å². The maximum absolute atomic E-state index is 11.5. The smallest absolute Gasteiger partial charge is 0.307 e. The third-order valence-corrected chi connectivity index (χ3v) is 4.34. The minimum atomic E-state index is -0.396. The van der Waals surface area contributed by atoms with E-state index < -0.39 is 5.97 Å². The van der Waals surface area contributed by atoms with Crippen molar-refractivity contribution in [2.45, 2.75) is 97.8 Å². The number of hydrogen-bond donors (Lipinski definition) is 0. The number of rotatable bonds is 15. The molecule has 0 fully saturated rings. The second-order valence-corrected chi connectivity index (χ2v) is 6.94. The Morgan fingerprint density at radius 1 is 0.808 bits per heavy atom. The van der Waals surface area contributed by atoms with Crippen molar-refractivity contribution in [3.63, 3.8) is 0 Å². The number of carbonyl (C=O) groups excluding carboxylic acids is 2. The normalized spacial score (nSPS) is 11.3. The Kier molecular flexibility index (Phi) is 17.2. The van der Waals surface area contributed by atoms with Crippen LogP contribution in [0.1, 0.15) is 97.8 Å². The first kappa shape index (κ1) is 24.5. The van der Waals surface area contributed by atoms with E-state index in [4.69, 9.17) is 9.47 Å². The van der Waals surface area contributed by atoms with Gasteiger partial charge in [-0.1, -0.05) is 84.0 Å². The lowest BCUT2D eigenvalue weighted by Crippen LogP contribution is -2.13. The van der Waals surface area contributed by atoms with Gasteiger partial charge in [0.15, 0.2) is 6.61 Å². The molecular weight excluding hydrogens is 328 g/mol. The fraction of sp³-hybridized carbons (Fsp3) is 0.818. The highest BCUT2D eigenvalue weighted by Gasteiger charge is 2.10. The molecule has 4 heteroatoms. The van der Waals surface area contributed by atoms with Crippen molar-refractivity contribution in [2.75, 3.05) is 13.2 Å². The molecular formula is C22H38O4. The number of unbranched alkanes of at least 4 members (excludes halogenated alkanes) is 8. The zero-order valence-corrected chi connectivity index (χ0v) is 17.1. The standard InChI is InChI=1S/C22H38O4/c1-4-6-7-8-9-10-11-12-13-14-15-18-25-21(23)16-17-22(24)26-19-20(3)5-2/h20H,4-13,16-19H2,1-3H3. The van der Waals surface area contributed by atoms with Crippen molar-refractivity contribution in [1.29, 1.82) is 0 Å². The monoisotopic (exact) mass is 366 g/mol. The molecule has 0 N–H and O–H groups in total. The summed E-state index contributed by atoms with van der Waals surface area (Å²) >= 11 is 0. The summed E-state index contributed by atoms with van der Waals surface area (Å²) in [5, 5.41) is 0. The zero-order valence-electron chi connectivity index (χ0n) is 17.1. The van der Waals surface area contributed by atoms with E-state index >= 15 is 0 Å². The average molecular weight is 367 g/mol. The van der Waals surface area contributed by atoms with Gasteiger partial charge in [-0.15, -0.1) is 0 Å². The fourth-order valence-corrected chi connectivity index (χ4v) is 2.30. The van der Waals surface area contributed by atoms with E-state index in [1.54, 1.807) is 0 Å².